The summed E-state index contributed by atoms with van der Waals surface area (Å²) in [6.45, 7) is 3.17. The quantitative estimate of drug-likeness (QED) is 0.754. The molecule has 0 fully saturated rings. The van der Waals surface area contributed by atoms with Crippen LogP contribution >= 0.6 is 11.6 Å². The number of benzene rings is 1. The van der Waals surface area contributed by atoms with Crippen molar-refractivity contribution in [2.75, 3.05) is 13.2 Å². The molecule has 16 heavy (non-hydrogen) atoms. The van der Waals surface area contributed by atoms with Gasteiger partial charge in [0.15, 0.2) is 11.5 Å². The topological polar surface area (TPSA) is 42.2 Å². The lowest BCUT2D eigenvalue weighted by atomic mass is 10.0. The predicted octanol–water partition coefficient (Wildman–Crippen LogP) is 2.88. The molecule has 0 saturated carbocycles. The van der Waals surface area contributed by atoms with Crippen molar-refractivity contribution in [2.45, 2.75) is 19.8 Å². The average Bonchev–Trinajstić information content (AvgIpc) is 2.51. The largest absolute Gasteiger partial charge is 0.489 e. The molecular formula is C12H12ClNO2. The summed E-state index contributed by atoms with van der Waals surface area (Å²) in [7, 11) is 0. The number of hydrogen-bond donors (Lipinski definition) is 0. The standard InChI is InChI=1S/C12H12ClNO2/c1-8-9(3-4-14)7-10(13)12-11(8)15-5-2-6-16-12/h7H,2-3,5-6H2,1H3. The van der Waals surface area contributed by atoms with Crippen LogP contribution in [0.1, 0.15) is 17.5 Å². The van der Waals surface area contributed by atoms with Crippen LogP contribution < -0.4 is 9.47 Å². The van der Waals surface area contributed by atoms with Crippen molar-refractivity contribution in [2.24, 2.45) is 0 Å². The molecule has 0 saturated heterocycles. The van der Waals surface area contributed by atoms with Crippen LogP contribution in [0.25, 0.3) is 0 Å². The average molecular weight is 238 g/mol. The summed E-state index contributed by atoms with van der Waals surface area (Å²) in [6, 6.07) is 3.90. The van der Waals surface area contributed by atoms with Crippen molar-refractivity contribution in [3.8, 4) is 17.6 Å². The van der Waals surface area contributed by atoms with Gasteiger partial charge in [-0.2, -0.15) is 5.26 Å². The fourth-order valence-electron chi connectivity index (χ4n) is 1.74. The van der Waals surface area contributed by atoms with Crippen molar-refractivity contribution in [3.63, 3.8) is 0 Å². The minimum atomic E-state index is 0.336. The summed E-state index contributed by atoms with van der Waals surface area (Å²) in [5.74, 6) is 1.30. The van der Waals surface area contributed by atoms with Crippen LogP contribution in [0.15, 0.2) is 6.07 Å². The summed E-state index contributed by atoms with van der Waals surface area (Å²) in [6.07, 6.45) is 1.18. The van der Waals surface area contributed by atoms with Crippen molar-refractivity contribution in [1.82, 2.24) is 0 Å². The zero-order chi connectivity index (χ0) is 11.5. The highest BCUT2D eigenvalue weighted by molar-refractivity contribution is 6.32. The molecule has 0 aromatic heterocycles. The van der Waals surface area contributed by atoms with Gasteiger partial charge >= 0.3 is 0 Å². The normalized spacial score (nSPS) is 14.1. The Balaban J connectivity index is 2.53. The predicted molar refractivity (Wildman–Crippen MR) is 61.1 cm³/mol. The molecule has 4 heteroatoms. The lowest BCUT2D eigenvalue weighted by molar-refractivity contribution is 0.296. The molecule has 0 aliphatic carbocycles. The van der Waals surface area contributed by atoms with Crippen molar-refractivity contribution < 1.29 is 9.47 Å². The highest BCUT2D eigenvalue weighted by atomic mass is 35.5. The molecule has 1 heterocycles. The molecule has 1 aromatic rings. The van der Waals surface area contributed by atoms with Crippen LogP contribution in [-0.4, -0.2) is 13.2 Å². The Morgan fingerprint density at radius 1 is 1.38 bits per heavy atom. The van der Waals surface area contributed by atoms with Gasteiger partial charge in [-0.1, -0.05) is 11.6 Å². The van der Waals surface area contributed by atoms with E-state index in [0.717, 1.165) is 17.5 Å². The summed E-state index contributed by atoms with van der Waals surface area (Å²) in [5.41, 5.74) is 1.85. The van der Waals surface area contributed by atoms with Crippen LogP contribution in [-0.2, 0) is 6.42 Å². The van der Waals surface area contributed by atoms with Crippen molar-refractivity contribution in [1.29, 1.82) is 5.26 Å². The SMILES string of the molecule is Cc1c(CC#N)cc(Cl)c2c1OCCCO2. The van der Waals surface area contributed by atoms with E-state index in [0.29, 0.717) is 36.2 Å². The monoisotopic (exact) mass is 237 g/mol. The van der Waals surface area contributed by atoms with E-state index in [1.165, 1.54) is 0 Å². The van der Waals surface area contributed by atoms with Crippen LogP contribution in [0.5, 0.6) is 11.5 Å². The van der Waals surface area contributed by atoms with E-state index < -0.39 is 0 Å². The van der Waals surface area contributed by atoms with Gasteiger partial charge in [0.25, 0.3) is 0 Å². The van der Waals surface area contributed by atoms with E-state index in [1.54, 1.807) is 6.07 Å². The van der Waals surface area contributed by atoms with E-state index >= 15 is 0 Å². The number of nitriles is 1. The number of nitrogens with zero attached hydrogens (tertiary/aromatic N) is 1. The Labute approximate surface area is 99.5 Å². The second-order valence-electron chi connectivity index (χ2n) is 3.69. The van der Waals surface area contributed by atoms with E-state index in [-0.39, 0.29) is 0 Å². The minimum Gasteiger partial charge on any atom is -0.489 e. The van der Waals surface area contributed by atoms with Gasteiger partial charge in [0.2, 0.25) is 0 Å². The molecule has 1 aliphatic rings. The molecule has 0 radical (unpaired) electrons. The third-order valence-corrected chi connectivity index (χ3v) is 2.88. The van der Waals surface area contributed by atoms with Gasteiger partial charge < -0.3 is 9.47 Å². The Hall–Kier alpha value is -1.40. The number of halogens is 1. The molecule has 0 unspecified atom stereocenters. The molecule has 0 spiro atoms. The van der Waals surface area contributed by atoms with Gasteiger partial charge in [-0.3, -0.25) is 0 Å². The zero-order valence-corrected chi connectivity index (χ0v) is 9.80. The summed E-state index contributed by atoms with van der Waals surface area (Å²) in [4.78, 5) is 0. The van der Waals surface area contributed by atoms with Crippen molar-refractivity contribution in [3.05, 3.63) is 22.2 Å². The summed E-state index contributed by atoms with van der Waals surface area (Å²) >= 11 is 6.11. The molecule has 2 rings (SSSR count). The van der Waals surface area contributed by atoms with Crippen molar-refractivity contribution >= 4 is 11.6 Å². The maximum atomic E-state index is 8.73. The Bertz CT molecular complexity index is 451. The molecule has 0 bridgehead atoms. The Morgan fingerprint density at radius 3 is 2.75 bits per heavy atom. The van der Waals surface area contributed by atoms with Crippen LogP contribution in [0.4, 0.5) is 0 Å². The van der Waals surface area contributed by atoms with Crippen LogP contribution in [0, 0.1) is 18.3 Å². The molecular weight excluding hydrogens is 226 g/mol. The third-order valence-electron chi connectivity index (χ3n) is 2.60. The van der Waals surface area contributed by atoms with Crippen LogP contribution in [0.3, 0.4) is 0 Å². The molecule has 0 N–H and O–H groups in total. The van der Waals surface area contributed by atoms with E-state index in [1.807, 2.05) is 6.92 Å². The van der Waals surface area contributed by atoms with E-state index in [4.69, 9.17) is 26.3 Å². The minimum absolute atomic E-state index is 0.336. The maximum Gasteiger partial charge on any atom is 0.180 e. The van der Waals surface area contributed by atoms with Gasteiger partial charge in [0, 0.05) is 6.42 Å². The van der Waals surface area contributed by atoms with Gasteiger partial charge in [-0.05, 0) is 24.1 Å². The first kappa shape index (κ1) is 11.1. The Morgan fingerprint density at radius 2 is 2.06 bits per heavy atom. The first-order valence-electron chi connectivity index (χ1n) is 5.18. The van der Waals surface area contributed by atoms with Gasteiger partial charge in [0.1, 0.15) is 0 Å². The molecule has 3 nitrogen and oxygen atoms in total. The van der Waals surface area contributed by atoms with Crippen LogP contribution in [0.2, 0.25) is 5.02 Å². The first-order chi connectivity index (χ1) is 7.74. The third kappa shape index (κ3) is 1.94. The molecule has 0 atom stereocenters. The van der Waals surface area contributed by atoms with Gasteiger partial charge in [-0.15, -0.1) is 0 Å². The highest BCUT2D eigenvalue weighted by Crippen LogP contribution is 2.41. The zero-order valence-electron chi connectivity index (χ0n) is 9.05. The number of ether oxygens (including phenoxy) is 2. The molecule has 0 amide bonds. The summed E-state index contributed by atoms with van der Waals surface area (Å²) in [5, 5.41) is 9.25. The summed E-state index contributed by atoms with van der Waals surface area (Å²) < 4.78 is 11.2. The second-order valence-corrected chi connectivity index (χ2v) is 4.09. The van der Waals surface area contributed by atoms with E-state index in [9.17, 15) is 0 Å². The smallest absolute Gasteiger partial charge is 0.180 e. The number of hydrogen-bond acceptors (Lipinski definition) is 3. The highest BCUT2D eigenvalue weighted by Gasteiger charge is 2.19. The lowest BCUT2D eigenvalue weighted by Gasteiger charge is -2.14. The maximum absolute atomic E-state index is 8.73. The second kappa shape index (κ2) is 4.63. The fourth-order valence-corrected chi connectivity index (χ4v) is 2.01. The molecule has 1 aliphatic heterocycles. The molecule has 1 aromatic carbocycles. The Kier molecular flexibility index (Phi) is 3.21. The van der Waals surface area contributed by atoms with Gasteiger partial charge in [-0.25, -0.2) is 0 Å². The lowest BCUT2D eigenvalue weighted by Crippen LogP contribution is -1.99. The number of rotatable bonds is 1. The fraction of sp³-hybridized carbons (Fsp3) is 0.417. The number of fused-ring (bicyclic) bond motifs is 1. The first-order valence-corrected chi connectivity index (χ1v) is 5.56. The molecule has 84 valence electrons. The van der Waals surface area contributed by atoms with Gasteiger partial charge in [0.05, 0.1) is 30.7 Å². The van der Waals surface area contributed by atoms with E-state index in [2.05, 4.69) is 6.07 Å².